The summed E-state index contributed by atoms with van der Waals surface area (Å²) in [6.45, 7) is 0.726. The van der Waals surface area contributed by atoms with Gasteiger partial charge in [-0.05, 0) is 25.3 Å². The minimum atomic E-state index is 0.343. The van der Waals surface area contributed by atoms with E-state index in [1.165, 1.54) is 12.8 Å². The summed E-state index contributed by atoms with van der Waals surface area (Å²) in [7, 11) is 0. The molecular formula is C13H20N2O. The first-order valence-electron chi connectivity index (χ1n) is 6.01. The van der Waals surface area contributed by atoms with Gasteiger partial charge in [-0.25, -0.2) is 0 Å². The monoisotopic (exact) mass is 220 g/mol. The molecule has 1 aromatic carbocycles. The average Bonchev–Trinajstić information content (AvgIpc) is 2.28. The van der Waals surface area contributed by atoms with Crippen LogP contribution in [-0.4, -0.2) is 17.2 Å². The van der Waals surface area contributed by atoms with Crippen molar-refractivity contribution in [2.45, 2.75) is 44.3 Å². The summed E-state index contributed by atoms with van der Waals surface area (Å²) in [4.78, 5) is 0. The van der Waals surface area contributed by atoms with E-state index in [9.17, 15) is 5.11 Å². The fourth-order valence-corrected chi connectivity index (χ4v) is 2.33. The van der Waals surface area contributed by atoms with Crippen LogP contribution in [0.1, 0.15) is 31.2 Å². The van der Waals surface area contributed by atoms with Crippen molar-refractivity contribution in [3.05, 3.63) is 29.8 Å². The molecule has 1 saturated carbocycles. The lowest BCUT2D eigenvalue weighted by molar-refractivity contribution is 0.336. The van der Waals surface area contributed by atoms with Crippen LogP contribution in [0.2, 0.25) is 0 Å². The maximum Gasteiger partial charge on any atom is 0.120 e. The summed E-state index contributed by atoms with van der Waals surface area (Å²) in [5.74, 6) is 0.370. The Labute approximate surface area is 96.7 Å². The minimum absolute atomic E-state index is 0.343. The average molecular weight is 220 g/mol. The summed E-state index contributed by atoms with van der Waals surface area (Å²) in [6, 6.07) is 8.31. The van der Waals surface area contributed by atoms with E-state index >= 15 is 0 Å². The number of hydrogen-bond donors (Lipinski definition) is 3. The number of para-hydroxylation sites is 1. The van der Waals surface area contributed by atoms with E-state index in [1.54, 1.807) is 6.07 Å². The van der Waals surface area contributed by atoms with Gasteiger partial charge in [-0.1, -0.05) is 24.6 Å². The molecule has 0 aromatic heterocycles. The number of aromatic hydroxyl groups is 1. The van der Waals surface area contributed by atoms with Crippen LogP contribution in [0.5, 0.6) is 5.75 Å². The maximum atomic E-state index is 9.63. The molecular weight excluding hydrogens is 200 g/mol. The predicted molar refractivity (Wildman–Crippen MR) is 65.2 cm³/mol. The molecule has 0 bridgehead atoms. The highest BCUT2D eigenvalue weighted by molar-refractivity contribution is 5.31. The molecule has 2 rings (SSSR count). The van der Waals surface area contributed by atoms with Crippen LogP contribution < -0.4 is 11.1 Å². The summed E-state index contributed by atoms with van der Waals surface area (Å²) in [5.41, 5.74) is 6.89. The zero-order chi connectivity index (χ0) is 11.4. The molecule has 16 heavy (non-hydrogen) atoms. The van der Waals surface area contributed by atoms with Crippen molar-refractivity contribution < 1.29 is 5.11 Å². The third-order valence-corrected chi connectivity index (χ3v) is 3.29. The minimum Gasteiger partial charge on any atom is -0.508 e. The zero-order valence-electron chi connectivity index (χ0n) is 9.52. The Hall–Kier alpha value is -1.06. The second-order valence-electron chi connectivity index (χ2n) is 4.63. The van der Waals surface area contributed by atoms with Crippen molar-refractivity contribution in [2.24, 2.45) is 5.73 Å². The molecule has 88 valence electrons. The van der Waals surface area contributed by atoms with Crippen LogP contribution in [0, 0.1) is 0 Å². The van der Waals surface area contributed by atoms with E-state index in [0.29, 0.717) is 17.8 Å². The summed E-state index contributed by atoms with van der Waals surface area (Å²) in [5, 5.41) is 13.1. The highest BCUT2D eigenvalue weighted by Crippen LogP contribution is 2.19. The highest BCUT2D eigenvalue weighted by Gasteiger charge is 2.18. The number of hydrogen-bond acceptors (Lipinski definition) is 3. The molecule has 0 aliphatic heterocycles. The number of phenols is 1. The van der Waals surface area contributed by atoms with Crippen LogP contribution in [0.4, 0.5) is 0 Å². The smallest absolute Gasteiger partial charge is 0.120 e. The Balaban J connectivity index is 1.85. The van der Waals surface area contributed by atoms with Gasteiger partial charge in [0.2, 0.25) is 0 Å². The second-order valence-corrected chi connectivity index (χ2v) is 4.63. The molecule has 4 N–H and O–H groups in total. The van der Waals surface area contributed by atoms with Gasteiger partial charge in [0.05, 0.1) is 0 Å². The predicted octanol–water partition coefficient (Wildman–Crippen LogP) is 1.75. The van der Waals surface area contributed by atoms with Crippen LogP contribution >= 0.6 is 0 Å². The molecule has 3 nitrogen and oxygen atoms in total. The second kappa shape index (κ2) is 5.32. The quantitative estimate of drug-likeness (QED) is 0.727. The number of rotatable bonds is 3. The van der Waals surface area contributed by atoms with Gasteiger partial charge in [0.1, 0.15) is 5.75 Å². The summed E-state index contributed by atoms with van der Waals surface area (Å²) >= 11 is 0. The number of nitrogens with one attached hydrogen (secondary N) is 1. The first-order chi connectivity index (χ1) is 7.75. The Kier molecular flexibility index (Phi) is 3.80. The lowest BCUT2D eigenvalue weighted by Crippen LogP contribution is -2.39. The Bertz CT molecular complexity index is 340. The molecule has 3 heteroatoms. The van der Waals surface area contributed by atoms with Crippen molar-refractivity contribution >= 4 is 0 Å². The van der Waals surface area contributed by atoms with Crippen molar-refractivity contribution in [1.29, 1.82) is 0 Å². The SMILES string of the molecule is NC1CCCC(NCc2ccccc2O)C1. The molecule has 0 amide bonds. The van der Waals surface area contributed by atoms with E-state index < -0.39 is 0 Å². The number of phenolic OH excluding ortho intramolecular Hbond substituents is 1. The van der Waals surface area contributed by atoms with E-state index in [1.807, 2.05) is 18.2 Å². The molecule has 1 aromatic rings. The molecule has 2 atom stereocenters. The Morgan fingerprint density at radius 1 is 1.31 bits per heavy atom. The number of nitrogens with two attached hydrogens (primary N) is 1. The van der Waals surface area contributed by atoms with E-state index in [2.05, 4.69) is 5.32 Å². The van der Waals surface area contributed by atoms with Crippen LogP contribution in [0.3, 0.4) is 0 Å². The van der Waals surface area contributed by atoms with Crippen LogP contribution in [0.25, 0.3) is 0 Å². The van der Waals surface area contributed by atoms with Crippen molar-refractivity contribution in [2.75, 3.05) is 0 Å². The fourth-order valence-electron chi connectivity index (χ4n) is 2.33. The van der Waals surface area contributed by atoms with Gasteiger partial charge in [-0.2, -0.15) is 0 Å². The largest absolute Gasteiger partial charge is 0.508 e. The lowest BCUT2D eigenvalue weighted by atomic mass is 9.91. The van der Waals surface area contributed by atoms with Gasteiger partial charge in [-0.15, -0.1) is 0 Å². The maximum absolute atomic E-state index is 9.63. The van der Waals surface area contributed by atoms with Gasteiger partial charge < -0.3 is 16.2 Å². The van der Waals surface area contributed by atoms with Gasteiger partial charge in [-0.3, -0.25) is 0 Å². The Morgan fingerprint density at radius 3 is 2.88 bits per heavy atom. The van der Waals surface area contributed by atoms with E-state index in [4.69, 9.17) is 5.73 Å². The normalized spacial score (nSPS) is 25.6. The fraction of sp³-hybridized carbons (Fsp3) is 0.538. The zero-order valence-corrected chi connectivity index (χ0v) is 9.52. The molecule has 0 heterocycles. The molecule has 1 aliphatic carbocycles. The first kappa shape index (κ1) is 11.4. The molecule has 0 radical (unpaired) electrons. The van der Waals surface area contributed by atoms with E-state index in [0.717, 1.165) is 24.9 Å². The third-order valence-electron chi connectivity index (χ3n) is 3.29. The molecule has 2 unspecified atom stereocenters. The number of benzene rings is 1. The van der Waals surface area contributed by atoms with Gasteiger partial charge in [0.25, 0.3) is 0 Å². The molecule has 1 aliphatic rings. The van der Waals surface area contributed by atoms with E-state index in [-0.39, 0.29) is 0 Å². The van der Waals surface area contributed by atoms with Gasteiger partial charge >= 0.3 is 0 Å². The van der Waals surface area contributed by atoms with Gasteiger partial charge in [0, 0.05) is 24.2 Å². The van der Waals surface area contributed by atoms with Crippen LogP contribution in [0.15, 0.2) is 24.3 Å². The van der Waals surface area contributed by atoms with Crippen molar-refractivity contribution in [3.63, 3.8) is 0 Å². The standard InChI is InChI=1S/C13H20N2O/c14-11-5-3-6-12(8-11)15-9-10-4-1-2-7-13(10)16/h1-2,4,7,11-12,15-16H,3,5-6,8-9,14H2. The molecule has 1 fully saturated rings. The first-order valence-corrected chi connectivity index (χ1v) is 6.01. The van der Waals surface area contributed by atoms with Crippen molar-refractivity contribution in [3.8, 4) is 5.75 Å². The molecule has 0 saturated heterocycles. The molecule has 0 spiro atoms. The summed E-state index contributed by atoms with van der Waals surface area (Å²) in [6.07, 6.45) is 4.60. The Morgan fingerprint density at radius 2 is 2.12 bits per heavy atom. The third kappa shape index (κ3) is 2.97. The van der Waals surface area contributed by atoms with Gasteiger partial charge in [0.15, 0.2) is 0 Å². The summed E-state index contributed by atoms with van der Waals surface area (Å²) < 4.78 is 0. The van der Waals surface area contributed by atoms with Crippen molar-refractivity contribution in [1.82, 2.24) is 5.32 Å². The topological polar surface area (TPSA) is 58.3 Å². The van der Waals surface area contributed by atoms with Crippen LogP contribution in [-0.2, 0) is 6.54 Å². The highest BCUT2D eigenvalue weighted by atomic mass is 16.3. The lowest BCUT2D eigenvalue weighted by Gasteiger charge is -2.27.